The number of nitrogens with two attached hydrogens (primary N) is 1. The maximum Gasteiger partial charge on any atom is 0.319 e. The largest absolute Gasteiger partial charge is 0.492 e. The van der Waals surface area contributed by atoms with Gasteiger partial charge in [-0.05, 0) is 51.0 Å². The first-order chi connectivity index (χ1) is 16.5. The molecule has 1 fully saturated rings. The van der Waals surface area contributed by atoms with E-state index in [0.29, 0.717) is 19.2 Å². The normalized spacial score (nSPS) is 13.4. The maximum absolute atomic E-state index is 12.0. The van der Waals surface area contributed by atoms with Crippen LogP contribution in [-0.4, -0.2) is 38.0 Å². The summed E-state index contributed by atoms with van der Waals surface area (Å²) in [5, 5.41) is 10.8. The molecule has 0 unspecified atom stereocenters. The van der Waals surface area contributed by atoms with Crippen LogP contribution < -0.4 is 21.1 Å². The molecule has 4 aromatic rings. The molecule has 176 valence electrons. The van der Waals surface area contributed by atoms with Crippen LogP contribution in [0.3, 0.4) is 0 Å². The number of nitrogens with one attached hydrogen (secondary N) is 2. The first kappa shape index (κ1) is 21.8. The van der Waals surface area contributed by atoms with E-state index in [4.69, 9.17) is 10.5 Å². The first-order valence-electron chi connectivity index (χ1n) is 11.6. The Kier molecular flexibility index (Phi) is 5.83. The molecule has 2 amide bonds. The number of hydrogen-bond acceptors (Lipinski definition) is 5. The molecule has 34 heavy (non-hydrogen) atoms. The molecule has 0 aliphatic heterocycles. The number of anilines is 2. The Morgan fingerprint density at radius 1 is 1.21 bits per heavy atom. The summed E-state index contributed by atoms with van der Waals surface area (Å²) in [7, 11) is 0. The molecule has 5 rings (SSSR count). The number of hydrogen-bond donors (Lipinski definition) is 3. The van der Waals surface area contributed by atoms with Gasteiger partial charge in [0.25, 0.3) is 0 Å². The van der Waals surface area contributed by atoms with Crippen LogP contribution in [0.1, 0.15) is 32.7 Å². The predicted octanol–water partition coefficient (Wildman–Crippen LogP) is 4.43. The van der Waals surface area contributed by atoms with Crippen molar-refractivity contribution in [3.63, 3.8) is 0 Å². The molecule has 2 heterocycles. The second-order valence-electron chi connectivity index (χ2n) is 8.88. The van der Waals surface area contributed by atoms with E-state index < -0.39 is 0 Å². The number of ether oxygens (including phenoxy) is 1. The number of nitrogens with zero attached hydrogens (tertiary/aromatic N) is 4. The monoisotopic (exact) mass is 459 g/mol. The fraction of sp³-hybridized carbons (Fsp3) is 0.320. The highest BCUT2D eigenvalue weighted by atomic mass is 16.5. The molecule has 0 spiro atoms. The summed E-state index contributed by atoms with van der Waals surface area (Å²) in [6.07, 6.45) is 5.45. The molecule has 0 saturated heterocycles. The summed E-state index contributed by atoms with van der Waals surface area (Å²) in [5.41, 5.74) is 11.3. The minimum atomic E-state index is -0.217. The van der Waals surface area contributed by atoms with Gasteiger partial charge in [-0.3, -0.25) is 0 Å². The molecule has 9 nitrogen and oxygen atoms in total. The van der Waals surface area contributed by atoms with E-state index in [1.165, 1.54) is 6.33 Å². The Balaban J connectivity index is 1.41. The van der Waals surface area contributed by atoms with Crippen LogP contribution in [0.15, 0.2) is 55.1 Å². The Bertz CT molecular complexity index is 1290. The Hall–Kier alpha value is -4.01. The molecule has 0 bridgehead atoms. The van der Waals surface area contributed by atoms with Crippen molar-refractivity contribution in [2.24, 2.45) is 0 Å². The van der Waals surface area contributed by atoms with E-state index >= 15 is 0 Å². The molecular weight excluding hydrogens is 430 g/mol. The van der Waals surface area contributed by atoms with E-state index in [1.807, 2.05) is 50.2 Å². The van der Waals surface area contributed by atoms with E-state index in [1.54, 1.807) is 11.0 Å². The van der Waals surface area contributed by atoms with Gasteiger partial charge in [0, 0.05) is 34.8 Å². The van der Waals surface area contributed by atoms with Gasteiger partial charge in [0.1, 0.15) is 25.0 Å². The lowest BCUT2D eigenvalue weighted by atomic mass is 10.1. The highest BCUT2D eigenvalue weighted by molar-refractivity contribution is 6.02. The smallest absolute Gasteiger partial charge is 0.319 e. The number of fused-ring (bicyclic) bond motifs is 1. The van der Waals surface area contributed by atoms with Crippen molar-refractivity contribution >= 4 is 28.3 Å². The molecule has 1 aliphatic rings. The molecule has 0 radical (unpaired) electrons. The van der Waals surface area contributed by atoms with Gasteiger partial charge in [0.05, 0.1) is 23.4 Å². The molecule has 4 N–H and O–H groups in total. The van der Waals surface area contributed by atoms with Crippen molar-refractivity contribution in [1.82, 2.24) is 24.6 Å². The Morgan fingerprint density at radius 3 is 2.68 bits per heavy atom. The van der Waals surface area contributed by atoms with Crippen molar-refractivity contribution in [1.29, 1.82) is 0 Å². The first-order valence-corrected chi connectivity index (χ1v) is 11.6. The van der Waals surface area contributed by atoms with Gasteiger partial charge in [-0.1, -0.05) is 12.1 Å². The Morgan fingerprint density at radius 2 is 2.00 bits per heavy atom. The fourth-order valence-corrected chi connectivity index (χ4v) is 4.16. The highest BCUT2D eigenvalue weighted by Crippen LogP contribution is 2.46. The average Bonchev–Trinajstić information content (AvgIpc) is 3.43. The van der Waals surface area contributed by atoms with Crippen LogP contribution in [-0.2, 0) is 6.54 Å². The molecule has 2 aromatic carbocycles. The molecule has 1 saturated carbocycles. The third-order valence-electron chi connectivity index (χ3n) is 5.82. The van der Waals surface area contributed by atoms with E-state index in [9.17, 15) is 4.79 Å². The number of carbonyl (C=O) groups is 1. The summed E-state index contributed by atoms with van der Waals surface area (Å²) >= 11 is 0. The fourth-order valence-electron chi connectivity index (χ4n) is 4.16. The standard InChI is InChI=1S/C25H29N7O2/c1-16(2)29-25(33)30-18-5-3-17(4-6-18)24-23(26)21-10-9-20(13-22(21)32(24)19-7-8-19)34-12-11-31-15-27-14-28-31/h3-6,9-10,13-16,19H,7-8,11-12,26H2,1-2H3,(H2,29,30,33). The minimum Gasteiger partial charge on any atom is -0.492 e. The summed E-state index contributed by atoms with van der Waals surface area (Å²) < 4.78 is 10.1. The van der Waals surface area contributed by atoms with Gasteiger partial charge >= 0.3 is 6.03 Å². The lowest BCUT2D eigenvalue weighted by Gasteiger charge is -2.13. The molecule has 0 atom stereocenters. The van der Waals surface area contributed by atoms with Crippen LogP contribution in [0.25, 0.3) is 22.2 Å². The van der Waals surface area contributed by atoms with E-state index in [-0.39, 0.29) is 12.1 Å². The quantitative estimate of drug-likeness (QED) is 0.361. The predicted molar refractivity (Wildman–Crippen MR) is 133 cm³/mol. The second-order valence-corrected chi connectivity index (χ2v) is 8.88. The van der Waals surface area contributed by atoms with E-state index in [2.05, 4.69) is 31.3 Å². The SMILES string of the molecule is CC(C)NC(=O)Nc1ccc(-c2c(N)c3ccc(OCCn4cncn4)cc3n2C2CC2)cc1. The summed E-state index contributed by atoms with van der Waals surface area (Å²) in [5.74, 6) is 0.800. The van der Waals surface area contributed by atoms with E-state index in [0.717, 1.165) is 52.1 Å². The van der Waals surface area contributed by atoms with Crippen molar-refractivity contribution in [2.45, 2.75) is 45.3 Å². The topological polar surface area (TPSA) is 112 Å². The maximum atomic E-state index is 12.0. The van der Waals surface area contributed by atoms with Crippen molar-refractivity contribution in [2.75, 3.05) is 17.7 Å². The second kappa shape index (κ2) is 9.09. The number of amides is 2. The Labute approximate surface area is 197 Å². The lowest BCUT2D eigenvalue weighted by Crippen LogP contribution is -2.34. The van der Waals surface area contributed by atoms with Crippen molar-refractivity contribution in [3.8, 4) is 17.0 Å². The zero-order valence-electron chi connectivity index (χ0n) is 19.4. The number of nitrogen functional groups attached to an aromatic ring is 1. The van der Waals surface area contributed by atoms with Gasteiger partial charge in [0.2, 0.25) is 0 Å². The number of benzene rings is 2. The molecular formula is C25H29N7O2. The summed E-state index contributed by atoms with van der Waals surface area (Å²) in [6.45, 7) is 4.98. The summed E-state index contributed by atoms with van der Waals surface area (Å²) in [4.78, 5) is 16.0. The number of rotatable bonds is 8. The van der Waals surface area contributed by atoms with Crippen LogP contribution in [0.2, 0.25) is 0 Å². The summed E-state index contributed by atoms with van der Waals surface area (Å²) in [6, 6.07) is 14.2. The third kappa shape index (κ3) is 4.54. The highest BCUT2D eigenvalue weighted by Gasteiger charge is 2.30. The van der Waals surface area contributed by atoms with Crippen molar-refractivity contribution in [3.05, 3.63) is 55.1 Å². The van der Waals surface area contributed by atoms with Gasteiger partial charge < -0.3 is 25.7 Å². The van der Waals surface area contributed by atoms with Crippen LogP contribution in [0, 0.1) is 0 Å². The molecule has 2 aromatic heterocycles. The molecule has 1 aliphatic carbocycles. The number of carbonyl (C=O) groups excluding carboxylic acids is 1. The molecule has 9 heteroatoms. The van der Waals surface area contributed by atoms with Gasteiger partial charge in [-0.2, -0.15) is 5.10 Å². The number of urea groups is 1. The minimum absolute atomic E-state index is 0.0739. The average molecular weight is 460 g/mol. The van der Waals surface area contributed by atoms with Crippen LogP contribution in [0.4, 0.5) is 16.2 Å². The van der Waals surface area contributed by atoms with Crippen molar-refractivity contribution < 1.29 is 9.53 Å². The van der Waals surface area contributed by atoms with Crippen LogP contribution >= 0.6 is 0 Å². The zero-order chi connectivity index (χ0) is 23.7. The zero-order valence-corrected chi connectivity index (χ0v) is 19.4. The third-order valence-corrected chi connectivity index (χ3v) is 5.82. The van der Waals surface area contributed by atoms with Crippen LogP contribution in [0.5, 0.6) is 5.75 Å². The number of aromatic nitrogens is 4. The lowest BCUT2D eigenvalue weighted by molar-refractivity contribution is 0.250. The van der Waals surface area contributed by atoms with Gasteiger partial charge in [-0.15, -0.1) is 0 Å². The van der Waals surface area contributed by atoms with Gasteiger partial charge in [0.15, 0.2) is 0 Å². The van der Waals surface area contributed by atoms with Gasteiger partial charge in [-0.25, -0.2) is 14.5 Å².